The van der Waals surface area contributed by atoms with Crippen molar-refractivity contribution in [3.63, 3.8) is 0 Å². The Morgan fingerprint density at radius 2 is 1.86 bits per heavy atom. The quantitative estimate of drug-likeness (QED) is 0.930. The second-order valence-corrected chi connectivity index (χ2v) is 5.82. The molecule has 21 heavy (non-hydrogen) atoms. The first-order chi connectivity index (χ1) is 10.0. The van der Waals surface area contributed by atoms with Gasteiger partial charge in [0.15, 0.2) is 0 Å². The van der Waals surface area contributed by atoms with Crippen molar-refractivity contribution in [1.82, 2.24) is 0 Å². The smallest absolute Gasteiger partial charge is 0.126 e. The third-order valence-corrected chi connectivity index (χ3v) is 4.00. The normalized spacial score (nSPS) is 20.6. The molecule has 0 fully saturated rings. The molecule has 0 radical (unpaired) electrons. The first-order valence-corrected chi connectivity index (χ1v) is 7.28. The monoisotopic (exact) mass is 286 g/mol. The topological polar surface area (TPSA) is 29.5 Å². The molecule has 0 bridgehead atoms. The molecular formula is C18H19FO2. The summed E-state index contributed by atoms with van der Waals surface area (Å²) < 4.78 is 19.4. The zero-order chi connectivity index (χ0) is 15.0. The van der Waals surface area contributed by atoms with Crippen LogP contribution in [0.3, 0.4) is 0 Å². The van der Waals surface area contributed by atoms with E-state index in [2.05, 4.69) is 0 Å². The number of hydrogen-bond acceptors (Lipinski definition) is 2. The van der Waals surface area contributed by atoms with Crippen molar-refractivity contribution in [3.8, 4) is 5.75 Å². The maximum Gasteiger partial charge on any atom is 0.126 e. The number of aliphatic hydroxyl groups is 1. The Labute approximate surface area is 124 Å². The van der Waals surface area contributed by atoms with E-state index < -0.39 is 5.60 Å². The van der Waals surface area contributed by atoms with Crippen molar-refractivity contribution < 1.29 is 14.2 Å². The van der Waals surface area contributed by atoms with Gasteiger partial charge in [-0.25, -0.2) is 4.39 Å². The molecule has 3 heteroatoms. The van der Waals surface area contributed by atoms with Crippen LogP contribution in [0.1, 0.15) is 37.0 Å². The SMILES string of the molecule is CC(C)Oc1ccc(C2(O)CCc3c(F)cccc32)cc1. The van der Waals surface area contributed by atoms with Gasteiger partial charge in [-0.3, -0.25) is 0 Å². The van der Waals surface area contributed by atoms with Crippen LogP contribution < -0.4 is 4.74 Å². The van der Waals surface area contributed by atoms with Crippen molar-refractivity contribution in [1.29, 1.82) is 0 Å². The lowest BCUT2D eigenvalue weighted by Crippen LogP contribution is -2.23. The van der Waals surface area contributed by atoms with E-state index in [0.717, 1.165) is 11.3 Å². The maximum absolute atomic E-state index is 13.8. The van der Waals surface area contributed by atoms with Crippen LogP contribution in [0.2, 0.25) is 0 Å². The third-order valence-electron chi connectivity index (χ3n) is 4.00. The molecule has 2 aromatic rings. The highest BCUT2D eigenvalue weighted by molar-refractivity contribution is 5.46. The van der Waals surface area contributed by atoms with Crippen LogP contribution in [0.15, 0.2) is 42.5 Å². The highest BCUT2D eigenvalue weighted by Crippen LogP contribution is 2.43. The zero-order valence-corrected chi connectivity index (χ0v) is 12.3. The minimum atomic E-state index is -1.10. The second-order valence-electron chi connectivity index (χ2n) is 5.82. The van der Waals surface area contributed by atoms with E-state index >= 15 is 0 Å². The Kier molecular flexibility index (Phi) is 3.46. The highest BCUT2D eigenvalue weighted by atomic mass is 19.1. The number of ether oxygens (including phenoxy) is 1. The summed E-state index contributed by atoms with van der Waals surface area (Å²) in [7, 11) is 0. The summed E-state index contributed by atoms with van der Waals surface area (Å²) in [6.07, 6.45) is 1.18. The van der Waals surface area contributed by atoms with Crippen LogP contribution in [0.5, 0.6) is 5.75 Å². The largest absolute Gasteiger partial charge is 0.491 e. The van der Waals surface area contributed by atoms with E-state index in [1.807, 2.05) is 44.2 Å². The van der Waals surface area contributed by atoms with Crippen LogP contribution in [-0.2, 0) is 12.0 Å². The summed E-state index contributed by atoms with van der Waals surface area (Å²) in [5.74, 6) is 0.540. The van der Waals surface area contributed by atoms with Gasteiger partial charge in [0, 0.05) is 0 Å². The molecule has 0 amide bonds. The molecule has 1 N–H and O–H groups in total. The highest BCUT2D eigenvalue weighted by Gasteiger charge is 2.39. The Morgan fingerprint density at radius 1 is 1.14 bits per heavy atom. The van der Waals surface area contributed by atoms with Gasteiger partial charge in [-0.1, -0.05) is 24.3 Å². The van der Waals surface area contributed by atoms with Crippen molar-refractivity contribution in [2.24, 2.45) is 0 Å². The summed E-state index contributed by atoms with van der Waals surface area (Å²) in [6.45, 7) is 3.94. The lowest BCUT2D eigenvalue weighted by molar-refractivity contribution is 0.0828. The van der Waals surface area contributed by atoms with Gasteiger partial charge in [-0.15, -0.1) is 0 Å². The number of benzene rings is 2. The van der Waals surface area contributed by atoms with Crippen molar-refractivity contribution in [2.75, 3.05) is 0 Å². The molecule has 1 aliphatic carbocycles. The molecule has 1 unspecified atom stereocenters. The minimum Gasteiger partial charge on any atom is -0.491 e. The standard InChI is InChI=1S/C18H19FO2/c1-12(2)21-14-8-6-13(7-9-14)18(20)11-10-15-16(18)4-3-5-17(15)19/h3-9,12,20H,10-11H2,1-2H3. The predicted octanol–water partition coefficient (Wildman–Crippen LogP) is 3.80. The molecule has 1 aliphatic rings. The summed E-state index contributed by atoms with van der Waals surface area (Å²) in [5, 5.41) is 11.0. The van der Waals surface area contributed by atoms with Crippen LogP contribution in [0.4, 0.5) is 4.39 Å². The van der Waals surface area contributed by atoms with Gasteiger partial charge in [-0.2, -0.15) is 0 Å². The van der Waals surface area contributed by atoms with E-state index in [0.29, 0.717) is 24.0 Å². The van der Waals surface area contributed by atoms with E-state index in [1.165, 1.54) is 6.07 Å². The molecule has 0 spiro atoms. The van der Waals surface area contributed by atoms with Crippen LogP contribution in [0, 0.1) is 5.82 Å². The predicted molar refractivity (Wildman–Crippen MR) is 79.9 cm³/mol. The van der Waals surface area contributed by atoms with Gasteiger partial charge >= 0.3 is 0 Å². The Balaban J connectivity index is 1.96. The number of fused-ring (bicyclic) bond motifs is 1. The zero-order valence-electron chi connectivity index (χ0n) is 12.3. The fourth-order valence-corrected chi connectivity index (χ4v) is 3.02. The average molecular weight is 286 g/mol. The van der Waals surface area contributed by atoms with Crippen molar-refractivity contribution in [2.45, 2.75) is 38.4 Å². The van der Waals surface area contributed by atoms with Gasteiger partial charge in [0.05, 0.1) is 6.10 Å². The van der Waals surface area contributed by atoms with E-state index in [1.54, 1.807) is 6.07 Å². The fraction of sp³-hybridized carbons (Fsp3) is 0.333. The average Bonchev–Trinajstić information content (AvgIpc) is 2.79. The number of hydrogen-bond donors (Lipinski definition) is 1. The second kappa shape index (κ2) is 5.15. The van der Waals surface area contributed by atoms with E-state index in [-0.39, 0.29) is 11.9 Å². The molecule has 1 atom stereocenters. The van der Waals surface area contributed by atoms with Crippen molar-refractivity contribution >= 4 is 0 Å². The fourth-order valence-electron chi connectivity index (χ4n) is 3.02. The number of halogens is 1. The molecule has 110 valence electrons. The van der Waals surface area contributed by atoms with Gasteiger partial charge in [0.25, 0.3) is 0 Å². The van der Waals surface area contributed by atoms with Gasteiger partial charge in [0.1, 0.15) is 17.2 Å². The first kappa shape index (κ1) is 14.1. The van der Waals surface area contributed by atoms with Crippen LogP contribution >= 0.6 is 0 Å². The Hall–Kier alpha value is -1.87. The molecule has 3 rings (SSSR count). The molecule has 0 heterocycles. The first-order valence-electron chi connectivity index (χ1n) is 7.28. The van der Waals surface area contributed by atoms with E-state index in [9.17, 15) is 9.50 Å². The molecule has 0 aromatic heterocycles. The summed E-state index contributed by atoms with van der Waals surface area (Å²) >= 11 is 0. The summed E-state index contributed by atoms with van der Waals surface area (Å²) in [5.41, 5.74) is 0.985. The maximum atomic E-state index is 13.8. The molecule has 0 saturated carbocycles. The Morgan fingerprint density at radius 3 is 2.52 bits per heavy atom. The molecule has 0 saturated heterocycles. The molecular weight excluding hydrogens is 267 g/mol. The van der Waals surface area contributed by atoms with Crippen LogP contribution in [-0.4, -0.2) is 11.2 Å². The lowest BCUT2D eigenvalue weighted by atomic mass is 9.88. The van der Waals surface area contributed by atoms with Gasteiger partial charge < -0.3 is 9.84 Å². The van der Waals surface area contributed by atoms with Crippen molar-refractivity contribution in [3.05, 3.63) is 65.0 Å². The molecule has 2 aromatic carbocycles. The summed E-state index contributed by atoms with van der Waals surface area (Å²) in [6, 6.07) is 12.3. The lowest BCUT2D eigenvalue weighted by Gasteiger charge is -2.25. The third kappa shape index (κ3) is 2.42. The Bertz CT molecular complexity index is 649. The van der Waals surface area contributed by atoms with E-state index in [4.69, 9.17) is 4.74 Å². The van der Waals surface area contributed by atoms with Crippen LogP contribution in [0.25, 0.3) is 0 Å². The van der Waals surface area contributed by atoms with Gasteiger partial charge in [-0.05, 0) is 61.6 Å². The molecule has 2 nitrogen and oxygen atoms in total. The minimum absolute atomic E-state index is 0.111. The summed E-state index contributed by atoms with van der Waals surface area (Å²) in [4.78, 5) is 0. The van der Waals surface area contributed by atoms with Gasteiger partial charge in [0.2, 0.25) is 0 Å². The number of rotatable bonds is 3. The molecule has 0 aliphatic heterocycles.